The van der Waals surface area contributed by atoms with E-state index in [2.05, 4.69) is 16.9 Å². The van der Waals surface area contributed by atoms with Crippen molar-refractivity contribution >= 4 is 17.7 Å². The van der Waals surface area contributed by atoms with E-state index in [1.165, 1.54) is 12.8 Å². The van der Waals surface area contributed by atoms with E-state index >= 15 is 0 Å². The average Bonchev–Trinajstić information content (AvgIpc) is 2.72. The summed E-state index contributed by atoms with van der Waals surface area (Å²) < 4.78 is 0. The highest BCUT2D eigenvalue weighted by Crippen LogP contribution is 2.21. The summed E-state index contributed by atoms with van der Waals surface area (Å²) in [7, 11) is 0. The Hall–Kier alpha value is -1.01. The molecule has 0 aliphatic heterocycles. The van der Waals surface area contributed by atoms with Crippen molar-refractivity contribution in [3.8, 4) is 0 Å². The van der Waals surface area contributed by atoms with Crippen molar-refractivity contribution in [2.45, 2.75) is 43.7 Å². The predicted octanol–water partition coefficient (Wildman–Crippen LogP) is 1.65. The van der Waals surface area contributed by atoms with Crippen molar-refractivity contribution in [2.75, 3.05) is 5.75 Å². The zero-order chi connectivity index (χ0) is 12.7. The molecule has 1 rings (SSSR count). The third-order valence-electron chi connectivity index (χ3n) is 2.41. The first-order valence-electron chi connectivity index (χ1n) is 5.78. The van der Waals surface area contributed by atoms with E-state index in [9.17, 15) is 4.79 Å². The molecule has 0 bridgehead atoms. The maximum absolute atomic E-state index is 10.7. The molecule has 0 saturated carbocycles. The quantitative estimate of drug-likeness (QED) is 0.486. The maximum atomic E-state index is 10.7. The lowest BCUT2D eigenvalue weighted by atomic mass is 10.2. The van der Waals surface area contributed by atoms with Crippen molar-refractivity contribution in [3.63, 3.8) is 0 Å². The first-order chi connectivity index (χ1) is 8.15. The number of thioether (sulfide) groups is 1. The molecule has 1 unspecified atom stereocenters. The molecule has 0 aromatic carbocycles. The first-order valence-corrected chi connectivity index (χ1v) is 6.77. The van der Waals surface area contributed by atoms with Crippen LogP contribution >= 0.6 is 11.8 Å². The zero-order valence-corrected chi connectivity index (χ0v) is 10.8. The van der Waals surface area contributed by atoms with Gasteiger partial charge in [0.15, 0.2) is 0 Å². The molecule has 4 N–H and O–H groups in total. The largest absolute Gasteiger partial charge is 0.480 e. The van der Waals surface area contributed by atoms with Crippen LogP contribution in [-0.2, 0) is 11.2 Å². The van der Waals surface area contributed by atoms with Gasteiger partial charge in [-0.25, -0.2) is 4.98 Å². The summed E-state index contributed by atoms with van der Waals surface area (Å²) >= 11 is 1.66. The van der Waals surface area contributed by atoms with Crippen LogP contribution in [0.1, 0.15) is 31.9 Å². The second-order valence-corrected chi connectivity index (χ2v) is 4.97. The van der Waals surface area contributed by atoms with Gasteiger partial charge in [-0.15, -0.1) is 11.8 Å². The van der Waals surface area contributed by atoms with Crippen LogP contribution in [0.4, 0.5) is 0 Å². The van der Waals surface area contributed by atoms with E-state index in [4.69, 9.17) is 10.8 Å². The van der Waals surface area contributed by atoms with Gasteiger partial charge in [0.05, 0.1) is 12.0 Å². The Labute approximate surface area is 105 Å². The molecule has 17 heavy (non-hydrogen) atoms. The lowest BCUT2D eigenvalue weighted by Gasteiger charge is -2.06. The molecule has 1 heterocycles. The monoisotopic (exact) mass is 257 g/mol. The molecule has 96 valence electrons. The maximum Gasteiger partial charge on any atom is 0.320 e. The summed E-state index contributed by atoms with van der Waals surface area (Å²) in [6.45, 7) is 2.16. The Morgan fingerprint density at radius 1 is 1.65 bits per heavy atom. The van der Waals surface area contributed by atoms with E-state index in [0.29, 0.717) is 6.42 Å². The standard InChI is InChI=1S/C11H19N3O2S/c1-2-3-4-5-17-10-9(13-7-14-10)6-8(12)11(15)16/h7-8H,2-6,12H2,1H3,(H,13,14)(H,15,16). The highest BCUT2D eigenvalue weighted by Gasteiger charge is 2.16. The summed E-state index contributed by atoms with van der Waals surface area (Å²) in [5, 5.41) is 9.62. The Morgan fingerprint density at radius 3 is 3.06 bits per heavy atom. The van der Waals surface area contributed by atoms with Crippen molar-refractivity contribution < 1.29 is 9.90 Å². The van der Waals surface area contributed by atoms with Gasteiger partial charge in [0, 0.05) is 6.42 Å². The van der Waals surface area contributed by atoms with Gasteiger partial charge in [0.25, 0.3) is 0 Å². The van der Waals surface area contributed by atoms with Crippen LogP contribution in [0.2, 0.25) is 0 Å². The van der Waals surface area contributed by atoms with Crippen molar-refractivity contribution in [1.82, 2.24) is 9.97 Å². The van der Waals surface area contributed by atoms with Gasteiger partial charge < -0.3 is 15.8 Å². The third kappa shape index (κ3) is 4.79. The van der Waals surface area contributed by atoms with Gasteiger partial charge in [0.2, 0.25) is 0 Å². The van der Waals surface area contributed by atoms with E-state index in [1.54, 1.807) is 18.1 Å². The van der Waals surface area contributed by atoms with E-state index < -0.39 is 12.0 Å². The normalized spacial score (nSPS) is 12.6. The van der Waals surface area contributed by atoms with E-state index in [-0.39, 0.29) is 0 Å². The lowest BCUT2D eigenvalue weighted by molar-refractivity contribution is -0.138. The average molecular weight is 257 g/mol. The number of nitrogens with one attached hydrogen (secondary N) is 1. The van der Waals surface area contributed by atoms with Crippen molar-refractivity contribution in [2.24, 2.45) is 5.73 Å². The number of aromatic nitrogens is 2. The minimum absolute atomic E-state index is 0.297. The Bertz CT molecular complexity index is 354. The summed E-state index contributed by atoms with van der Waals surface area (Å²) in [6.07, 6.45) is 5.44. The van der Waals surface area contributed by atoms with Crippen LogP contribution in [0.25, 0.3) is 0 Å². The number of carbonyl (C=O) groups is 1. The topological polar surface area (TPSA) is 92.0 Å². The fourth-order valence-corrected chi connectivity index (χ4v) is 2.39. The number of unbranched alkanes of at least 4 members (excludes halogenated alkanes) is 2. The molecule has 0 spiro atoms. The molecule has 1 aromatic rings. The van der Waals surface area contributed by atoms with Crippen LogP contribution in [0.5, 0.6) is 0 Å². The SMILES string of the molecule is CCCCCSc1nc[nH]c1CC(N)C(=O)O. The number of aromatic amines is 1. The number of nitrogens with zero attached hydrogens (tertiary/aromatic N) is 1. The van der Waals surface area contributed by atoms with E-state index in [1.807, 2.05) is 0 Å². The van der Waals surface area contributed by atoms with Gasteiger partial charge in [-0.2, -0.15) is 0 Å². The smallest absolute Gasteiger partial charge is 0.320 e. The third-order valence-corrected chi connectivity index (χ3v) is 3.52. The summed E-state index contributed by atoms with van der Waals surface area (Å²) in [6, 6.07) is -0.870. The number of carboxylic acids is 1. The zero-order valence-electron chi connectivity index (χ0n) is 9.98. The van der Waals surface area contributed by atoms with Gasteiger partial charge in [-0.3, -0.25) is 4.79 Å². The van der Waals surface area contributed by atoms with Crippen molar-refractivity contribution in [3.05, 3.63) is 12.0 Å². The molecular formula is C11H19N3O2S. The molecule has 6 heteroatoms. The Kier molecular flexibility index (Phi) is 6.07. The van der Waals surface area contributed by atoms with Gasteiger partial charge in [-0.05, 0) is 12.2 Å². The Balaban J connectivity index is 2.45. The highest BCUT2D eigenvalue weighted by molar-refractivity contribution is 7.99. The number of hydrogen-bond acceptors (Lipinski definition) is 4. The lowest BCUT2D eigenvalue weighted by Crippen LogP contribution is -2.32. The van der Waals surface area contributed by atoms with Crippen LogP contribution < -0.4 is 5.73 Å². The molecule has 1 atom stereocenters. The fourth-order valence-electron chi connectivity index (χ4n) is 1.41. The van der Waals surface area contributed by atoms with Crippen LogP contribution in [-0.4, -0.2) is 32.8 Å². The molecule has 0 aliphatic rings. The number of rotatable bonds is 8. The molecule has 0 radical (unpaired) electrons. The van der Waals surface area contributed by atoms with Crippen molar-refractivity contribution in [1.29, 1.82) is 0 Å². The molecule has 5 nitrogen and oxygen atoms in total. The van der Waals surface area contributed by atoms with Crippen LogP contribution in [0, 0.1) is 0 Å². The minimum atomic E-state index is -0.985. The summed E-state index contributed by atoms with van der Waals surface area (Å²) in [5.41, 5.74) is 6.32. The highest BCUT2D eigenvalue weighted by atomic mass is 32.2. The molecule has 1 aromatic heterocycles. The van der Waals surface area contributed by atoms with E-state index in [0.717, 1.165) is 22.9 Å². The predicted molar refractivity (Wildman–Crippen MR) is 68.2 cm³/mol. The number of aliphatic carboxylic acids is 1. The number of nitrogens with two attached hydrogens (primary N) is 1. The molecule has 0 fully saturated rings. The fraction of sp³-hybridized carbons (Fsp3) is 0.636. The number of hydrogen-bond donors (Lipinski definition) is 3. The van der Waals surface area contributed by atoms with Gasteiger partial charge in [0.1, 0.15) is 11.1 Å². The van der Waals surface area contributed by atoms with Crippen LogP contribution in [0.15, 0.2) is 11.4 Å². The minimum Gasteiger partial charge on any atom is -0.480 e. The second kappa shape index (κ2) is 7.34. The molecule has 0 saturated heterocycles. The molecule has 0 amide bonds. The Morgan fingerprint density at radius 2 is 2.41 bits per heavy atom. The number of H-pyrrole nitrogens is 1. The van der Waals surface area contributed by atoms with Crippen LogP contribution in [0.3, 0.4) is 0 Å². The molecular weight excluding hydrogens is 238 g/mol. The van der Waals surface area contributed by atoms with Gasteiger partial charge in [-0.1, -0.05) is 19.8 Å². The summed E-state index contributed by atoms with van der Waals surface area (Å²) in [5.74, 6) is 0.0232. The second-order valence-electron chi connectivity index (χ2n) is 3.89. The number of imidazole rings is 1. The summed E-state index contributed by atoms with van der Waals surface area (Å²) in [4.78, 5) is 17.8. The van der Waals surface area contributed by atoms with Gasteiger partial charge >= 0.3 is 5.97 Å². The first kappa shape index (κ1) is 14.1. The molecule has 0 aliphatic carbocycles. The number of carboxylic acid groups (broad SMARTS) is 1.